The zero-order valence-corrected chi connectivity index (χ0v) is 10.4. The van der Waals surface area contributed by atoms with Gasteiger partial charge >= 0.3 is 0 Å². The van der Waals surface area contributed by atoms with E-state index in [0.29, 0.717) is 5.56 Å². The Kier molecular flexibility index (Phi) is 3.72. The van der Waals surface area contributed by atoms with Crippen LogP contribution >= 0.6 is 0 Å². The summed E-state index contributed by atoms with van der Waals surface area (Å²) < 4.78 is 26.5. The van der Waals surface area contributed by atoms with Crippen molar-refractivity contribution >= 4 is 0 Å². The van der Waals surface area contributed by atoms with Crippen LogP contribution in [0, 0.1) is 18.6 Å². The Bertz CT molecular complexity index is 544. The van der Waals surface area contributed by atoms with E-state index in [1.165, 1.54) is 12.1 Å². The molecule has 0 aliphatic carbocycles. The van der Waals surface area contributed by atoms with E-state index in [0.717, 1.165) is 29.3 Å². The van der Waals surface area contributed by atoms with Crippen LogP contribution in [0.1, 0.15) is 11.1 Å². The highest BCUT2D eigenvalue weighted by Crippen LogP contribution is 2.26. The number of rotatable bonds is 3. The quantitative estimate of drug-likeness (QED) is 0.872. The summed E-state index contributed by atoms with van der Waals surface area (Å²) >= 11 is 0. The number of benzene rings is 2. The lowest BCUT2D eigenvalue weighted by Gasteiger charge is -2.09. The van der Waals surface area contributed by atoms with E-state index < -0.39 is 11.6 Å². The molecule has 2 aromatic carbocycles. The van der Waals surface area contributed by atoms with E-state index in [9.17, 15) is 8.78 Å². The molecule has 0 unspecified atom stereocenters. The molecule has 0 heterocycles. The number of aryl methyl sites for hydroxylation is 1. The fourth-order valence-electron chi connectivity index (χ4n) is 2.00. The molecule has 18 heavy (non-hydrogen) atoms. The summed E-state index contributed by atoms with van der Waals surface area (Å²) in [7, 11) is 1.86. The maximum atomic E-state index is 13.2. The van der Waals surface area contributed by atoms with Gasteiger partial charge in [-0.15, -0.1) is 0 Å². The Morgan fingerprint density at radius 3 is 2.28 bits per heavy atom. The molecule has 1 nitrogen and oxygen atoms in total. The van der Waals surface area contributed by atoms with Crippen molar-refractivity contribution in [2.75, 3.05) is 7.05 Å². The first-order valence-corrected chi connectivity index (χ1v) is 5.81. The summed E-state index contributed by atoms with van der Waals surface area (Å²) in [6, 6.07) is 9.52. The van der Waals surface area contributed by atoms with Gasteiger partial charge in [0.15, 0.2) is 0 Å². The zero-order valence-electron chi connectivity index (χ0n) is 10.4. The molecule has 0 amide bonds. The first kappa shape index (κ1) is 12.7. The molecule has 0 aliphatic rings. The van der Waals surface area contributed by atoms with Crippen LogP contribution in [0.2, 0.25) is 0 Å². The first-order valence-electron chi connectivity index (χ1n) is 5.81. The Labute approximate surface area is 105 Å². The third kappa shape index (κ3) is 2.74. The predicted molar refractivity (Wildman–Crippen MR) is 69.3 cm³/mol. The minimum Gasteiger partial charge on any atom is -0.316 e. The van der Waals surface area contributed by atoms with Crippen molar-refractivity contribution in [2.24, 2.45) is 0 Å². The highest BCUT2D eigenvalue weighted by atomic mass is 19.1. The zero-order chi connectivity index (χ0) is 13.1. The van der Waals surface area contributed by atoms with Gasteiger partial charge in [0, 0.05) is 12.6 Å². The van der Waals surface area contributed by atoms with Crippen LogP contribution in [0.5, 0.6) is 0 Å². The highest BCUT2D eigenvalue weighted by molar-refractivity contribution is 5.68. The van der Waals surface area contributed by atoms with Gasteiger partial charge in [0.25, 0.3) is 0 Å². The van der Waals surface area contributed by atoms with Gasteiger partial charge in [-0.1, -0.05) is 12.1 Å². The molecule has 0 aromatic heterocycles. The fraction of sp³-hybridized carbons (Fsp3) is 0.200. The summed E-state index contributed by atoms with van der Waals surface area (Å²) in [4.78, 5) is 0. The van der Waals surface area contributed by atoms with Gasteiger partial charge in [-0.05, 0) is 54.4 Å². The Hall–Kier alpha value is -1.74. The van der Waals surface area contributed by atoms with E-state index in [4.69, 9.17) is 0 Å². The predicted octanol–water partition coefficient (Wildman–Crippen LogP) is 3.66. The molecule has 0 spiro atoms. The minimum absolute atomic E-state index is 0.552. The van der Waals surface area contributed by atoms with Crippen molar-refractivity contribution in [1.82, 2.24) is 5.32 Å². The van der Waals surface area contributed by atoms with Crippen molar-refractivity contribution in [3.05, 3.63) is 59.2 Å². The van der Waals surface area contributed by atoms with Crippen LogP contribution in [-0.4, -0.2) is 7.05 Å². The van der Waals surface area contributed by atoms with Crippen molar-refractivity contribution in [3.8, 4) is 11.1 Å². The van der Waals surface area contributed by atoms with Gasteiger partial charge in [0.2, 0.25) is 0 Å². The second kappa shape index (κ2) is 5.27. The second-order valence-corrected chi connectivity index (χ2v) is 4.34. The first-order chi connectivity index (χ1) is 8.60. The topological polar surface area (TPSA) is 12.0 Å². The molecule has 1 N–H and O–H groups in total. The van der Waals surface area contributed by atoms with E-state index in [-0.39, 0.29) is 0 Å². The van der Waals surface area contributed by atoms with Crippen molar-refractivity contribution in [1.29, 1.82) is 0 Å². The second-order valence-electron chi connectivity index (χ2n) is 4.34. The molecule has 0 bridgehead atoms. The standard InChI is InChI=1S/C15H15F2N/c1-10-3-4-11(9-18-2)5-15(10)12-6-13(16)8-14(17)7-12/h3-8,18H,9H2,1-2H3. The minimum atomic E-state index is -0.552. The van der Waals surface area contributed by atoms with Crippen molar-refractivity contribution < 1.29 is 8.78 Å². The molecule has 0 radical (unpaired) electrons. The lowest BCUT2D eigenvalue weighted by atomic mass is 9.98. The molecule has 2 aromatic rings. The molecule has 0 aliphatic heterocycles. The normalized spacial score (nSPS) is 10.7. The molecule has 0 fully saturated rings. The van der Waals surface area contributed by atoms with Crippen LogP contribution in [0.15, 0.2) is 36.4 Å². The monoisotopic (exact) mass is 247 g/mol. The average molecular weight is 247 g/mol. The van der Waals surface area contributed by atoms with Gasteiger partial charge in [0.1, 0.15) is 11.6 Å². The molecule has 3 heteroatoms. The Morgan fingerprint density at radius 1 is 1.00 bits per heavy atom. The summed E-state index contributed by atoms with van der Waals surface area (Å²) in [5.74, 6) is -1.10. The van der Waals surface area contributed by atoms with Gasteiger partial charge in [-0.3, -0.25) is 0 Å². The maximum Gasteiger partial charge on any atom is 0.126 e. The highest BCUT2D eigenvalue weighted by Gasteiger charge is 2.07. The largest absolute Gasteiger partial charge is 0.316 e. The average Bonchev–Trinajstić information content (AvgIpc) is 2.30. The SMILES string of the molecule is CNCc1ccc(C)c(-c2cc(F)cc(F)c2)c1. The van der Waals surface area contributed by atoms with E-state index in [2.05, 4.69) is 5.32 Å². The molecule has 0 saturated carbocycles. The van der Waals surface area contributed by atoms with Gasteiger partial charge < -0.3 is 5.32 Å². The third-order valence-electron chi connectivity index (χ3n) is 2.86. The number of nitrogens with one attached hydrogen (secondary N) is 1. The van der Waals surface area contributed by atoms with Crippen molar-refractivity contribution in [2.45, 2.75) is 13.5 Å². The van der Waals surface area contributed by atoms with Crippen molar-refractivity contribution in [3.63, 3.8) is 0 Å². The molecular weight excluding hydrogens is 232 g/mol. The summed E-state index contributed by atoms with van der Waals surface area (Å²) in [5.41, 5.74) is 3.52. The smallest absolute Gasteiger partial charge is 0.126 e. The summed E-state index contributed by atoms with van der Waals surface area (Å²) in [5, 5.41) is 3.06. The third-order valence-corrected chi connectivity index (χ3v) is 2.86. The van der Waals surface area contributed by atoms with Gasteiger partial charge in [-0.25, -0.2) is 8.78 Å². The van der Waals surface area contributed by atoms with E-state index in [1.54, 1.807) is 0 Å². The van der Waals surface area contributed by atoms with E-state index in [1.807, 2.05) is 32.2 Å². The van der Waals surface area contributed by atoms with Crippen LogP contribution in [0.4, 0.5) is 8.78 Å². The number of hydrogen-bond acceptors (Lipinski definition) is 1. The number of halogens is 2. The van der Waals surface area contributed by atoms with E-state index >= 15 is 0 Å². The lowest BCUT2D eigenvalue weighted by Crippen LogP contribution is -2.05. The van der Waals surface area contributed by atoms with Crippen LogP contribution < -0.4 is 5.32 Å². The molecule has 0 atom stereocenters. The fourth-order valence-corrected chi connectivity index (χ4v) is 2.00. The van der Waals surface area contributed by atoms with Gasteiger partial charge in [0.05, 0.1) is 0 Å². The van der Waals surface area contributed by atoms with Crippen LogP contribution in [0.3, 0.4) is 0 Å². The molecule has 94 valence electrons. The maximum absolute atomic E-state index is 13.2. The summed E-state index contributed by atoms with van der Waals surface area (Å²) in [6.07, 6.45) is 0. The molecule has 2 rings (SSSR count). The lowest BCUT2D eigenvalue weighted by molar-refractivity contribution is 0.584. The van der Waals surface area contributed by atoms with Gasteiger partial charge in [-0.2, -0.15) is 0 Å². The Morgan fingerprint density at radius 2 is 1.67 bits per heavy atom. The number of hydrogen-bond donors (Lipinski definition) is 1. The molecular formula is C15H15F2N. The summed E-state index contributed by atoms with van der Waals surface area (Å²) in [6.45, 7) is 2.66. The molecule has 0 saturated heterocycles. The van der Waals surface area contributed by atoms with Crippen LogP contribution in [0.25, 0.3) is 11.1 Å². The van der Waals surface area contributed by atoms with Crippen LogP contribution in [-0.2, 0) is 6.54 Å². The Balaban J connectivity index is 2.51.